The molecule has 1 aliphatic rings. The van der Waals surface area contributed by atoms with Crippen LogP contribution in [0.3, 0.4) is 0 Å². The largest absolute Gasteiger partial charge is 0.343 e. The van der Waals surface area contributed by atoms with Crippen molar-refractivity contribution in [2.24, 2.45) is 5.41 Å². The summed E-state index contributed by atoms with van der Waals surface area (Å²) in [5.41, 5.74) is 3.45. The highest BCUT2D eigenvalue weighted by molar-refractivity contribution is 6.20. The summed E-state index contributed by atoms with van der Waals surface area (Å²) in [7, 11) is 0. The molecule has 156 valence electrons. The van der Waals surface area contributed by atoms with E-state index in [1.54, 1.807) is 6.08 Å². The van der Waals surface area contributed by atoms with Crippen molar-refractivity contribution in [1.82, 2.24) is 10.2 Å². The first-order valence-electron chi connectivity index (χ1n) is 10.2. The second kappa shape index (κ2) is 10.2. The van der Waals surface area contributed by atoms with Gasteiger partial charge in [-0.05, 0) is 54.9 Å². The van der Waals surface area contributed by atoms with Crippen LogP contribution in [-0.2, 0) is 20.8 Å². The Morgan fingerprint density at radius 3 is 2.66 bits per heavy atom. The molecular weight excluding hydrogens is 364 g/mol. The maximum atomic E-state index is 12.9. The SMILES string of the molecule is C/C=C\C=C(\C(=O)NCC(=O)N1CCC(C)(C)C1)c1cc(CCC=O)ccc1C. The van der Waals surface area contributed by atoms with Gasteiger partial charge in [-0.25, -0.2) is 0 Å². The Labute approximate surface area is 173 Å². The number of aldehydes is 1. The second-order valence-corrected chi connectivity index (χ2v) is 8.37. The van der Waals surface area contributed by atoms with E-state index < -0.39 is 0 Å². The fraction of sp³-hybridized carbons (Fsp3) is 0.458. The molecule has 0 atom stereocenters. The van der Waals surface area contributed by atoms with Gasteiger partial charge in [0.2, 0.25) is 5.91 Å². The van der Waals surface area contributed by atoms with Crippen LogP contribution in [0.25, 0.3) is 5.57 Å². The number of rotatable bonds is 8. The molecule has 5 heteroatoms. The molecular formula is C24H32N2O3. The summed E-state index contributed by atoms with van der Waals surface area (Å²) >= 11 is 0. The maximum Gasteiger partial charge on any atom is 0.252 e. The summed E-state index contributed by atoms with van der Waals surface area (Å²) in [5.74, 6) is -0.323. The molecule has 1 aromatic rings. The van der Waals surface area contributed by atoms with Gasteiger partial charge in [0.05, 0.1) is 6.54 Å². The maximum absolute atomic E-state index is 12.9. The summed E-state index contributed by atoms with van der Waals surface area (Å²) in [5, 5.41) is 2.80. The zero-order chi connectivity index (χ0) is 21.4. The minimum Gasteiger partial charge on any atom is -0.343 e. The predicted molar refractivity (Wildman–Crippen MR) is 116 cm³/mol. The van der Waals surface area contributed by atoms with E-state index in [9.17, 15) is 14.4 Å². The molecule has 0 radical (unpaired) electrons. The third-order valence-electron chi connectivity index (χ3n) is 5.27. The van der Waals surface area contributed by atoms with Crippen molar-refractivity contribution >= 4 is 23.7 Å². The van der Waals surface area contributed by atoms with E-state index in [0.717, 1.165) is 42.5 Å². The van der Waals surface area contributed by atoms with E-state index in [1.807, 2.05) is 49.1 Å². The average Bonchev–Trinajstić information content (AvgIpc) is 3.06. The van der Waals surface area contributed by atoms with Crippen molar-refractivity contribution in [2.75, 3.05) is 19.6 Å². The number of nitrogens with zero attached hydrogens (tertiary/aromatic N) is 1. The Morgan fingerprint density at radius 2 is 2.03 bits per heavy atom. The lowest BCUT2D eigenvalue weighted by atomic mass is 9.93. The Balaban J connectivity index is 2.15. The zero-order valence-electron chi connectivity index (χ0n) is 18.0. The van der Waals surface area contributed by atoms with E-state index >= 15 is 0 Å². The van der Waals surface area contributed by atoms with Gasteiger partial charge in [0.15, 0.2) is 0 Å². The molecule has 2 rings (SSSR count). The van der Waals surface area contributed by atoms with Gasteiger partial charge in [-0.15, -0.1) is 0 Å². The molecule has 0 bridgehead atoms. The minimum atomic E-state index is -0.273. The van der Waals surface area contributed by atoms with E-state index in [1.165, 1.54) is 0 Å². The first-order chi connectivity index (χ1) is 13.8. The topological polar surface area (TPSA) is 66.5 Å². The average molecular weight is 397 g/mol. The van der Waals surface area contributed by atoms with Crippen LogP contribution in [0.2, 0.25) is 0 Å². The zero-order valence-corrected chi connectivity index (χ0v) is 18.0. The molecule has 1 heterocycles. The van der Waals surface area contributed by atoms with Crippen LogP contribution in [0.5, 0.6) is 0 Å². The Kier molecular flexibility index (Phi) is 7.94. The lowest BCUT2D eigenvalue weighted by molar-refractivity contribution is -0.131. The number of hydrogen-bond acceptors (Lipinski definition) is 3. The predicted octanol–water partition coefficient (Wildman–Crippen LogP) is 3.46. The summed E-state index contributed by atoms with van der Waals surface area (Å²) < 4.78 is 0. The van der Waals surface area contributed by atoms with E-state index in [-0.39, 0.29) is 23.8 Å². The van der Waals surface area contributed by atoms with Gasteiger partial charge in [0.1, 0.15) is 6.29 Å². The fourth-order valence-corrected chi connectivity index (χ4v) is 3.51. The van der Waals surface area contributed by atoms with Crippen molar-refractivity contribution in [2.45, 2.75) is 47.0 Å². The number of carbonyl (C=O) groups is 3. The van der Waals surface area contributed by atoms with Crippen LogP contribution in [0.4, 0.5) is 0 Å². The Bertz CT molecular complexity index is 821. The molecule has 5 nitrogen and oxygen atoms in total. The molecule has 0 unspecified atom stereocenters. The lowest BCUT2D eigenvalue weighted by Gasteiger charge is -2.20. The second-order valence-electron chi connectivity index (χ2n) is 8.37. The summed E-state index contributed by atoms with van der Waals surface area (Å²) in [6.07, 6.45) is 8.40. The van der Waals surface area contributed by atoms with Gasteiger partial charge < -0.3 is 15.0 Å². The number of carbonyl (C=O) groups excluding carboxylic acids is 3. The van der Waals surface area contributed by atoms with Gasteiger partial charge >= 0.3 is 0 Å². The van der Waals surface area contributed by atoms with Crippen molar-refractivity contribution < 1.29 is 14.4 Å². The Hall–Kier alpha value is -2.69. The summed E-state index contributed by atoms with van der Waals surface area (Å²) in [4.78, 5) is 37.9. The molecule has 2 amide bonds. The smallest absolute Gasteiger partial charge is 0.252 e. The van der Waals surface area contributed by atoms with Gasteiger partial charge in [-0.1, -0.05) is 44.2 Å². The number of allylic oxidation sites excluding steroid dienone is 3. The molecule has 1 aromatic carbocycles. The third-order valence-corrected chi connectivity index (χ3v) is 5.27. The minimum absolute atomic E-state index is 0.00796. The molecule has 1 fully saturated rings. The van der Waals surface area contributed by atoms with Crippen molar-refractivity contribution in [3.05, 3.63) is 53.1 Å². The van der Waals surface area contributed by atoms with Crippen molar-refractivity contribution in [3.8, 4) is 0 Å². The van der Waals surface area contributed by atoms with Crippen LogP contribution in [-0.4, -0.2) is 42.6 Å². The third kappa shape index (κ3) is 6.41. The van der Waals surface area contributed by atoms with Gasteiger partial charge in [0, 0.05) is 25.1 Å². The fourth-order valence-electron chi connectivity index (χ4n) is 3.51. The molecule has 1 saturated heterocycles. The first-order valence-corrected chi connectivity index (χ1v) is 10.2. The standard InChI is InChI=1S/C24H32N2O3/c1-5-6-9-20(21-15-19(8-7-14-27)11-10-18(21)2)23(29)25-16-22(28)26-13-12-24(3,4)17-26/h5-6,9-11,14-15H,7-8,12-13,16-17H2,1-4H3,(H,25,29)/b6-5-,20-9+. The van der Waals surface area contributed by atoms with Gasteiger partial charge in [-0.3, -0.25) is 9.59 Å². The van der Waals surface area contributed by atoms with E-state index in [0.29, 0.717) is 18.4 Å². The monoisotopic (exact) mass is 396 g/mol. The molecule has 0 aliphatic carbocycles. The highest BCUT2D eigenvalue weighted by Gasteiger charge is 2.32. The van der Waals surface area contributed by atoms with Crippen LogP contribution in [0.1, 0.15) is 50.3 Å². The van der Waals surface area contributed by atoms with Crippen LogP contribution < -0.4 is 5.32 Å². The number of aryl methyl sites for hydroxylation is 2. The van der Waals surface area contributed by atoms with Gasteiger partial charge in [0.25, 0.3) is 5.91 Å². The number of hydrogen-bond donors (Lipinski definition) is 1. The summed E-state index contributed by atoms with van der Waals surface area (Å²) in [6.45, 7) is 9.59. The van der Waals surface area contributed by atoms with E-state index in [2.05, 4.69) is 19.2 Å². The quantitative estimate of drug-likeness (QED) is 0.416. The molecule has 0 spiro atoms. The molecule has 1 N–H and O–H groups in total. The number of amides is 2. The highest BCUT2D eigenvalue weighted by atomic mass is 16.2. The molecule has 0 aromatic heterocycles. The van der Waals surface area contributed by atoms with Crippen LogP contribution >= 0.6 is 0 Å². The lowest BCUT2D eigenvalue weighted by Crippen LogP contribution is -2.39. The molecule has 29 heavy (non-hydrogen) atoms. The summed E-state index contributed by atoms with van der Waals surface area (Å²) in [6, 6.07) is 5.90. The number of benzene rings is 1. The van der Waals surface area contributed by atoms with Crippen molar-refractivity contribution in [1.29, 1.82) is 0 Å². The molecule has 1 aliphatic heterocycles. The van der Waals surface area contributed by atoms with Crippen molar-refractivity contribution in [3.63, 3.8) is 0 Å². The molecule has 0 saturated carbocycles. The van der Waals surface area contributed by atoms with Crippen LogP contribution in [0.15, 0.2) is 36.4 Å². The Morgan fingerprint density at radius 1 is 1.28 bits per heavy atom. The first kappa shape index (κ1) is 22.6. The van der Waals surface area contributed by atoms with Crippen LogP contribution in [0, 0.1) is 12.3 Å². The van der Waals surface area contributed by atoms with E-state index in [4.69, 9.17) is 0 Å². The van der Waals surface area contributed by atoms with Gasteiger partial charge in [-0.2, -0.15) is 0 Å². The normalized spacial score (nSPS) is 16.3. The number of likely N-dealkylation sites (tertiary alicyclic amines) is 1. The number of nitrogens with one attached hydrogen (secondary N) is 1. The highest BCUT2D eigenvalue weighted by Crippen LogP contribution is 2.28.